The molecule has 1 aromatic carbocycles. The van der Waals surface area contributed by atoms with Crippen LogP contribution in [0.2, 0.25) is 0 Å². The van der Waals surface area contributed by atoms with E-state index in [1.165, 1.54) is 39.1 Å². The predicted molar refractivity (Wildman–Crippen MR) is 125 cm³/mol. The van der Waals surface area contributed by atoms with Gasteiger partial charge in [-0.25, -0.2) is 12.8 Å². The second kappa shape index (κ2) is 10.3. The maximum Gasteiger partial charge on any atom is 0.243 e. The minimum absolute atomic E-state index is 0.0828. The van der Waals surface area contributed by atoms with Gasteiger partial charge in [0.05, 0.1) is 10.5 Å². The fourth-order valence-electron chi connectivity index (χ4n) is 4.35. The molecule has 176 valence electrons. The number of aryl methyl sites for hydroxylation is 1. The molecule has 0 unspecified atom stereocenters. The van der Waals surface area contributed by atoms with Crippen LogP contribution in [0.3, 0.4) is 0 Å². The number of hydrogen-bond donors (Lipinski definition) is 1. The molecule has 1 aromatic heterocycles. The Hall–Kier alpha value is -2.32. The lowest BCUT2D eigenvalue weighted by Gasteiger charge is -2.33. The number of nitrogens with zero attached hydrogens (tertiary/aromatic N) is 3. The van der Waals surface area contributed by atoms with E-state index in [1.807, 2.05) is 0 Å². The van der Waals surface area contributed by atoms with Crippen molar-refractivity contribution in [1.29, 1.82) is 5.26 Å². The zero-order chi connectivity index (χ0) is 23.4. The van der Waals surface area contributed by atoms with Crippen LogP contribution in [0.15, 0.2) is 29.2 Å². The summed E-state index contributed by atoms with van der Waals surface area (Å²) in [6.45, 7) is 2.19. The molecule has 1 amide bonds. The van der Waals surface area contributed by atoms with Crippen molar-refractivity contribution in [2.75, 3.05) is 38.0 Å². The number of halogens is 1. The van der Waals surface area contributed by atoms with Gasteiger partial charge in [0.1, 0.15) is 16.9 Å². The minimum atomic E-state index is -3.65. The standard InChI is InChI=1S/C23H27FN4O3S2/c24-17-6-8-18(9-7-17)33(30,31)28-14-12-27(13-15-28)11-10-22(29)26-23-20(16-25)19-4-2-1-3-5-21(19)32-23/h6-9H,1-5,10-15H2,(H,26,29). The number of piperazine rings is 1. The molecule has 0 bridgehead atoms. The molecule has 7 nitrogen and oxygen atoms in total. The lowest BCUT2D eigenvalue weighted by atomic mass is 10.1. The SMILES string of the molecule is N#Cc1c(NC(=O)CCN2CCN(S(=O)(=O)c3ccc(F)cc3)CC2)sc2c1CCCCC2. The van der Waals surface area contributed by atoms with Crippen LogP contribution in [0.4, 0.5) is 9.39 Å². The zero-order valence-electron chi connectivity index (χ0n) is 18.3. The molecule has 2 aromatic rings. The van der Waals surface area contributed by atoms with Gasteiger partial charge in [-0.05, 0) is 55.5 Å². The van der Waals surface area contributed by atoms with Crippen molar-refractivity contribution in [2.45, 2.75) is 43.4 Å². The van der Waals surface area contributed by atoms with Crippen LogP contribution in [0.25, 0.3) is 0 Å². The molecule has 2 heterocycles. The number of sulfonamides is 1. The Kier molecular flexibility index (Phi) is 7.44. The highest BCUT2D eigenvalue weighted by Crippen LogP contribution is 2.37. The molecule has 1 aliphatic heterocycles. The number of carbonyl (C=O) groups is 1. The quantitative estimate of drug-likeness (QED) is 0.627. The Morgan fingerprint density at radius 1 is 1.09 bits per heavy atom. The van der Waals surface area contributed by atoms with Gasteiger partial charge < -0.3 is 10.2 Å². The third-order valence-corrected chi connectivity index (χ3v) is 9.34. The van der Waals surface area contributed by atoms with Gasteiger partial charge in [0.25, 0.3) is 0 Å². The molecule has 0 spiro atoms. The molecule has 10 heteroatoms. The Morgan fingerprint density at radius 2 is 1.79 bits per heavy atom. The molecule has 1 aliphatic carbocycles. The number of hydrogen-bond acceptors (Lipinski definition) is 6. The van der Waals surface area contributed by atoms with E-state index in [-0.39, 0.29) is 17.2 Å². The Bertz CT molecular complexity index is 1150. The van der Waals surface area contributed by atoms with Gasteiger partial charge in [0.15, 0.2) is 0 Å². The summed E-state index contributed by atoms with van der Waals surface area (Å²) in [5.74, 6) is -0.610. The van der Waals surface area contributed by atoms with E-state index < -0.39 is 15.8 Å². The first-order valence-corrected chi connectivity index (χ1v) is 13.5. The first kappa shape index (κ1) is 23.8. The molecular weight excluding hydrogens is 463 g/mol. The molecular formula is C23H27FN4O3S2. The van der Waals surface area contributed by atoms with Gasteiger partial charge in [-0.1, -0.05) is 6.42 Å². The van der Waals surface area contributed by atoms with Crippen LogP contribution in [0.5, 0.6) is 0 Å². The van der Waals surface area contributed by atoms with E-state index in [9.17, 15) is 22.9 Å². The largest absolute Gasteiger partial charge is 0.317 e. The summed E-state index contributed by atoms with van der Waals surface area (Å²) >= 11 is 1.53. The number of fused-ring (bicyclic) bond motifs is 1. The van der Waals surface area contributed by atoms with Crippen LogP contribution in [0, 0.1) is 17.1 Å². The number of benzene rings is 1. The molecule has 4 rings (SSSR count). The molecule has 2 aliphatic rings. The summed E-state index contributed by atoms with van der Waals surface area (Å²) in [5.41, 5.74) is 1.72. The van der Waals surface area contributed by atoms with E-state index in [0.29, 0.717) is 43.3 Å². The molecule has 1 N–H and O–H groups in total. The van der Waals surface area contributed by atoms with E-state index >= 15 is 0 Å². The van der Waals surface area contributed by atoms with Gasteiger partial charge in [-0.3, -0.25) is 4.79 Å². The highest BCUT2D eigenvalue weighted by Gasteiger charge is 2.28. The molecule has 0 radical (unpaired) electrons. The molecule has 1 fully saturated rings. The van der Waals surface area contributed by atoms with E-state index in [1.54, 1.807) is 0 Å². The monoisotopic (exact) mass is 490 g/mol. The number of anilines is 1. The van der Waals surface area contributed by atoms with Crippen LogP contribution in [0.1, 0.15) is 41.7 Å². The van der Waals surface area contributed by atoms with Gasteiger partial charge in [-0.15, -0.1) is 11.3 Å². The van der Waals surface area contributed by atoms with Crippen molar-refractivity contribution in [3.05, 3.63) is 46.1 Å². The molecule has 0 saturated carbocycles. The van der Waals surface area contributed by atoms with Crippen molar-refractivity contribution < 1.29 is 17.6 Å². The van der Waals surface area contributed by atoms with Gasteiger partial charge >= 0.3 is 0 Å². The maximum absolute atomic E-state index is 13.1. The van der Waals surface area contributed by atoms with Gasteiger partial charge in [-0.2, -0.15) is 9.57 Å². The summed E-state index contributed by atoms with van der Waals surface area (Å²) in [6.07, 6.45) is 5.51. The average Bonchev–Trinajstić information content (AvgIpc) is 2.97. The third kappa shape index (κ3) is 5.44. The topological polar surface area (TPSA) is 93.5 Å². The maximum atomic E-state index is 13.1. The lowest BCUT2D eigenvalue weighted by molar-refractivity contribution is -0.116. The first-order chi connectivity index (χ1) is 15.9. The number of nitriles is 1. The molecule has 1 saturated heterocycles. The highest BCUT2D eigenvalue weighted by atomic mass is 32.2. The fourth-order valence-corrected chi connectivity index (χ4v) is 7.02. The summed E-state index contributed by atoms with van der Waals surface area (Å²) in [7, 11) is -3.65. The highest BCUT2D eigenvalue weighted by molar-refractivity contribution is 7.89. The third-order valence-electron chi connectivity index (χ3n) is 6.22. The second-order valence-electron chi connectivity index (χ2n) is 8.38. The Balaban J connectivity index is 1.28. The number of nitrogens with one attached hydrogen (secondary N) is 1. The average molecular weight is 491 g/mol. The van der Waals surface area contributed by atoms with Crippen molar-refractivity contribution in [1.82, 2.24) is 9.21 Å². The second-order valence-corrected chi connectivity index (χ2v) is 11.4. The summed E-state index contributed by atoms with van der Waals surface area (Å²) in [6, 6.07) is 7.13. The molecule has 0 atom stereocenters. The minimum Gasteiger partial charge on any atom is -0.317 e. The van der Waals surface area contributed by atoms with Crippen molar-refractivity contribution in [3.63, 3.8) is 0 Å². The number of amides is 1. The fraction of sp³-hybridized carbons (Fsp3) is 0.478. The van der Waals surface area contributed by atoms with Crippen LogP contribution < -0.4 is 5.32 Å². The smallest absolute Gasteiger partial charge is 0.243 e. The summed E-state index contributed by atoms with van der Waals surface area (Å²) in [5, 5.41) is 13.2. The number of rotatable bonds is 6. The van der Waals surface area contributed by atoms with Crippen LogP contribution in [-0.2, 0) is 27.7 Å². The zero-order valence-corrected chi connectivity index (χ0v) is 20.0. The van der Waals surface area contributed by atoms with E-state index in [0.717, 1.165) is 43.4 Å². The van der Waals surface area contributed by atoms with Crippen molar-refractivity contribution in [3.8, 4) is 6.07 Å². The first-order valence-electron chi connectivity index (χ1n) is 11.2. The number of thiophene rings is 1. The van der Waals surface area contributed by atoms with Crippen LogP contribution in [-0.4, -0.2) is 56.3 Å². The summed E-state index contributed by atoms with van der Waals surface area (Å²) < 4.78 is 40.0. The predicted octanol–water partition coefficient (Wildman–Crippen LogP) is 3.36. The summed E-state index contributed by atoms with van der Waals surface area (Å²) in [4.78, 5) is 15.9. The van der Waals surface area contributed by atoms with Gasteiger partial charge in [0, 0.05) is 44.0 Å². The Morgan fingerprint density at radius 3 is 2.48 bits per heavy atom. The number of carbonyl (C=O) groups excluding carboxylic acids is 1. The Labute approximate surface area is 197 Å². The molecule has 33 heavy (non-hydrogen) atoms. The normalized spacial score (nSPS) is 17.7. The van der Waals surface area contributed by atoms with Gasteiger partial charge in [0.2, 0.25) is 15.9 Å². The van der Waals surface area contributed by atoms with E-state index in [2.05, 4.69) is 16.3 Å². The van der Waals surface area contributed by atoms with Crippen LogP contribution >= 0.6 is 11.3 Å². The van der Waals surface area contributed by atoms with E-state index in [4.69, 9.17) is 0 Å². The lowest BCUT2D eigenvalue weighted by Crippen LogP contribution is -2.49. The van der Waals surface area contributed by atoms with Crippen molar-refractivity contribution >= 4 is 32.3 Å². The van der Waals surface area contributed by atoms with Crippen molar-refractivity contribution in [2.24, 2.45) is 0 Å².